The number of phenols is 1. The van der Waals surface area contributed by atoms with Crippen LogP contribution in [0.4, 0.5) is 0 Å². The Balaban J connectivity index is 2.54. The summed E-state index contributed by atoms with van der Waals surface area (Å²) in [5, 5.41) is 74.3. The first kappa shape index (κ1) is 79.3. The number of primary amides is 1. The fourth-order valence-electron chi connectivity index (χ4n) is 8.71. The van der Waals surface area contributed by atoms with Gasteiger partial charge in [-0.1, -0.05) is 42.5 Å². The lowest BCUT2D eigenvalue weighted by Gasteiger charge is -2.28. The molecule has 2 aromatic rings. The SMILES string of the molecule is CSCCC(NC(=O)C(CO)NC(=O)C(CCCN=C(N)N)NC(=O)C(Cc1ccccc1)NC(=O)C(CCCN=C(N)N)NC(=O)C(CCCCN)NC(C)=O)C(=O)NC(CCC(N)=O)C(=O)NC(Cc1ccc(O)cc1)C(=O)NC(CO)C(=O)NC(C)B(O)O. The molecule has 0 aliphatic carbocycles. The molecule has 0 aromatic heterocycles. The van der Waals surface area contributed by atoms with E-state index < -0.39 is 158 Å². The van der Waals surface area contributed by atoms with E-state index in [1.54, 1.807) is 36.6 Å². The summed E-state index contributed by atoms with van der Waals surface area (Å²) in [5.74, 6) is -12.0. The lowest BCUT2D eigenvalue weighted by atomic mass is 9.81. The Kier molecular flexibility index (Phi) is 37.1. The first-order chi connectivity index (χ1) is 43.6. The van der Waals surface area contributed by atoms with Crippen LogP contribution >= 0.6 is 11.8 Å². The molecule has 27 N–H and O–H groups in total. The normalized spacial score (nSPS) is 14.1. The van der Waals surface area contributed by atoms with Crippen LogP contribution in [0.5, 0.6) is 5.75 Å². The Bertz CT molecular complexity index is 2790. The van der Waals surface area contributed by atoms with Gasteiger partial charge in [0.25, 0.3) is 0 Å². The maximum atomic E-state index is 14.6. The third-order valence-corrected chi connectivity index (χ3v) is 14.4. The van der Waals surface area contributed by atoms with Gasteiger partial charge in [-0.3, -0.25) is 62.7 Å². The molecule has 2 aromatic carbocycles. The summed E-state index contributed by atoms with van der Waals surface area (Å²) in [7, 11) is -2.01. The number of aliphatic imine (C=N–C) groups is 2. The number of carbonyl (C=O) groups is 11. The topological polar surface area (TPSA) is 590 Å². The highest BCUT2D eigenvalue weighted by molar-refractivity contribution is 7.98. The zero-order chi connectivity index (χ0) is 68.9. The summed E-state index contributed by atoms with van der Waals surface area (Å²) in [4.78, 5) is 159. The minimum atomic E-state index is -2.01. The van der Waals surface area contributed by atoms with Gasteiger partial charge in [-0.2, -0.15) is 11.8 Å². The standard InChI is InChI=1S/C56H91BN18O16S/c1-31(57(90)91)66-53(88)43(29-76)75-52(87)42(28-34-16-18-35(79)19-17-34)73-49(84)39(20-21-45(59)80)70-50(85)40(22-26-92-3)71-54(89)44(30-77)74-48(83)38(15-10-25-65-56(62)63)69-51(86)41(27-33-11-5-4-6-12-33)72-47(82)37(14-9-24-64-55(60)61)68-46(81)36(67-32(2)78)13-7-8-23-58/h4-6,11-12,16-19,31,36-44,76-77,79,90-91H,7-10,13-15,20-30,58H2,1-3H3,(H2,59,80)(H,66,88)(H,67,78)(H,68,81)(H,69,86)(H,70,85)(H,71,89)(H,72,82)(H,73,84)(H,74,83)(H,75,87)(H4,60,61,64)(H4,62,63,65). The quantitative estimate of drug-likeness (QED) is 0.0127. The van der Waals surface area contributed by atoms with E-state index >= 15 is 0 Å². The van der Waals surface area contributed by atoms with E-state index in [9.17, 15) is 78.1 Å². The third-order valence-electron chi connectivity index (χ3n) is 13.7. The number of guanidine groups is 2. The molecule has 36 heteroatoms. The second-order valence-electron chi connectivity index (χ2n) is 21.3. The van der Waals surface area contributed by atoms with E-state index in [1.807, 2.05) is 0 Å². The first-order valence-corrected chi connectivity index (χ1v) is 31.0. The molecule has 0 radical (unpaired) electrons. The molecule has 2 rings (SSSR count). The van der Waals surface area contributed by atoms with Gasteiger partial charge in [0.1, 0.15) is 60.1 Å². The van der Waals surface area contributed by atoms with E-state index in [2.05, 4.69) is 63.2 Å². The second kappa shape index (κ2) is 43.0. The summed E-state index contributed by atoms with van der Waals surface area (Å²) >= 11 is 1.24. The van der Waals surface area contributed by atoms with Crippen molar-refractivity contribution in [3.05, 3.63) is 65.7 Å². The van der Waals surface area contributed by atoms with Crippen LogP contribution in [0.1, 0.15) is 89.2 Å². The van der Waals surface area contributed by atoms with Crippen LogP contribution in [0.25, 0.3) is 0 Å². The number of aliphatic hydroxyl groups excluding tert-OH is 2. The summed E-state index contributed by atoms with van der Waals surface area (Å²) < 4.78 is 0. The number of amides is 11. The van der Waals surface area contributed by atoms with Crippen molar-refractivity contribution in [2.45, 2.75) is 151 Å². The average molecular weight is 1320 g/mol. The minimum Gasteiger partial charge on any atom is -0.508 e. The molecule has 92 heavy (non-hydrogen) atoms. The van der Waals surface area contributed by atoms with Gasteiger partial charge in [0.15, 0.2) is 11.9 Å². The van der Waals surface area contributed by atoms with Gasteiger partial charge in [-0.15, -0.1) is 0 Å². The molecule has 510 valence electrons. The maximum absolute atomic E-state index is 14.6. The van der Waals surface area contributed by atoms with Gasteiger partial charge in [-0.05, 0) is 107 Å². The zero-order valence-corrected chi connectivity index (χ0v) is 52.6. The Morgan fingerprint density at radius 3 is 1.23 bits per heavy atom. The van der Waals surface area contributed by atoms with Crippen molar-refractivity contribution in [1.29, 1.82) is 0 Å². The van der Waals surface area contributed by atoms with E-state index in [-0.39, 0.29) is 87.9 Å². The molecule has 34 nitrogen and oxygen atoms in total. The largest absolute Gasteiger partial charge is 0.508 e. The van der Waals surface area contributed by atoms with Crippen molar-refractivity contribution >= 4 is 95.8 Å². The molecule has 10 atom stereocenters. The van der Waals surface area contributed by atoms with Crippen molar-refractivity contribution < 1.29 is 78.1 Å². The van der Waals surface area contributed by atoms with Crippen LogP contribution in [-0.2, 0) is 65.6 Å². The fraction of sp³-hybridized carbons (Fsp3) is 0.554. The Morgan fingerprint density at radius 1 is 0.478 bits per heavy atom. The van der Waals surface area contributed by atoms with Crippen molar-refractivity contribution in [2.24, 2.45) is 44.4 Å². The number of aliphatic hydroxyl groups is 2. The number of unbranched alkanes of at least 4 members (excludes halogenated alkanes) is 1. The molecule has 0 saturated heterocycles. The number of phenolic OH excluding ortho intramolecular Hbond substituents is 1. The van der Waals surface area contributed by atoms with Crippen LogP contribution in [0.3, 0.4) is 0 Å². The van der Waals surface area contributed by atoms with Gasteiger partial charge < -0.3 is 113 Å². The van der Waals surface area contributed by atoms with Crippen molar-refractivity contribution in [1.82, 2.24) is 53.2 Å². The highest BCUT2D eigenvalue weighted by Gasteiger charge is 2.36. The molecule has 0 saturated carbocycles. The Morgan fingerprint density at radius 2 is 0.837 bits per heavy atom. The van der Waals surface area contributed by atoms with Gasteiger partial charge >= 0.3 is 7.12 Å². The molecule has 0 fully saturated rings. The third kappa shape index (κ3) is 31.3. The van der Waals surface area contributed by atoms with Crippen molar-refractivity contribution in [2.75, 3.05) is 44.9 Å². The average Bonchev–Trinajstić information content (AvgIpc) is 2.35. The molecular weight excluding hydrogens is 1220 g/mol. The van der Waals surface area contributed by atoms with Crippen LogP contribution in [0.15, 0.2) is 64.6 Å². The predicted octanol–water partition coefficient (Wildman–Crippen LogP) is -7.68. The molecule has 0 heterocycles. The molecule has 0 aliphatic heterocycles. The molecule has 0 spiro atoms. The molecular formula is C56H91BN18O16S. The van der Waals surface area contributed by atoms with E-state index in [1.165, 1.54) is 49.9 Å². The van der Waals surface area contributed by atoms with Gasteiger partial charge in [0.2, 0.25) is 65.0 Å². The monoisotopic (exact) mass is 1310 g/mol. The second-order valence-corrected chi connectivity index (χ2v) is 22.3. The molecule has 11 amide bonds. The molecule has 10 unspecified atom stereocenters. The number of hydrogen-bond acceptors (Lipinski definition) is 20. The summed E-state index contributed by atoms with van der Waals surface area (Å²) in [5.41, 5.74) is 34.1. The highest BCUT2D eigenvalue weighted by Crippen LogP contribution is 2.14. The lowest BCUT2D eigenvalue weighted by Crippen LogP contribution is -2.61. The number of nitrogens with zero attached hydrogens (tertiary/aromatic N) is 2. The van der Waals surface area contributed by atoms with E-state index in [0.717, 1.165) is 0 Å². The number of thioether (sulfide) groups is 1. The molecule has 0 bridgehead atoms. The number of hydrogen-bond donors (Lipinski definition) is 21. The first-order valence-electron chi connectivity index (χ1n) is 29.6. The van der Waals surface area contributed by atoms with Crippen molar-refractivity contribution in [3.8, 4) is 5.75 Å². The number of carbonyl (C=O) groups excluding carboxylic acids is 11. The minimum absolute atomic E-state index is 0.0349. The van der Waals surface area contributed by atoms with Crippen LogP contribution in [0.2, 0.25) is 0 Å². The number of nitrogens with one attached hydrogen (secondary N) is 10. The van der Waals surface area contributed by atoms with Gasteiger partial charge in [0, 0.05) is 39.3 Å². The lowest BCUT2D eigenvalue weighted by molar-refractivity contribution is -0.136. The highest BCUT2D eigenvalue weighted by atomic mass is 32.2. The van der Waals surface area contributed by atoms with Crippen molar-refractivity contribution in [3.63, 3.8) is 0 Å². The smallest absolute Gasteiger partial charge is 0.475 e. The summed E-state index contributed by atoms with van der Waals surface area (Å²) in [6, 6.07) is 0.0735. The zero-order valence-electron chi connectivity index (χ0n) is 51.8. The Labute approximate surface area is 537 Å². The van der Waals surface area contributed by atoms with E-state index in [4.69, 9.17) is 34.4 Å². The van der Waals surface area contributed by atoms with Crippen LogP contribution in [-0.4, -0.2) is 215 Å². The predicted molar refractivity (Wildman–Crippen MR) is 341 cm³/mol. The summed E-state index contributed by atoms with van der Waals surface area (Å²) in [6.45, 7) is 0.699. The number of nitrogens with two attached hydrogens (primary N) is 6. The number of rotatable bonds is 44. The van der Waals surface area contributed by atoms with E-state index in [0.29, 0.717) is 30.5 Å². The number of benzene rings is 2. The Hall–Kier alpha value is -8.84. The maximum Gasteiger partial charge on any atom is 0.475 e. The summed E-state index contributed by atoms with van der Waals surface area (Å²) in [6.07, 6.45) is 1.18. The van der Waals surface area contributed by atoms with Crippen LogP contribution < -0.4 is 87.6 Å². The molecule has 0 aliphatic rings. The number of aromatic hydroxyl groups is 1. The fourth-order valence-corrected chi connectivity index (χ4v) is 9.19. The van der Waals surface area contributed by atoms with Gasteiger partial charge in [0.05, 0.1) is 19.2 Å². The van der Waals surface area contributed by atoms with Gasteiger partial charge in [-0.25, -0.2) is 0 Å². The van der Waals surface area contributed by atoms with Crippen LogP contribution in [0, 0.1) is 0 Å².